The fraction of sp³-hybridized carbons (Fsp3) is 0.133. The molecular formula is C15H14N4O5. The molecule has 124 valence electrons. The fourth-order valence-corrected chi connectivity index (χ4v) is 2.06. The van der Waals surface area contributed by atoms with E-state index >= 15 is 0 Å². The summed E-state index contributed by atoms with van der Waals surface area (Å²) in [5.41, 5.74) is 3.76. The van der Waals surface area contributed by atoms with E-state index in [2.05, 4.69) is 0 Å². The van der Waals surface area contributed by atoms with Crippen LogP contribution in [0.15, 0.2) is 47.4 Å². The predicted octanol–water partition coefficient (Wildman–Crippen LogP) is 0.518. The number of nitrogens with zero attached hydrogens (tertiary/aromatic N) is 3. The summed E-state index contributed by atoms with van der Waals surface area (Å²) in [6.45, 7) is -0.466. The average molecular weight is 330 g/mol. The Labute approximate surface area is 136 Å². The van der Waals surface area contributed by atoms with Crippen molar-refractivity contribution in [3.8, 4) is 0 Å². The first-order chi connectivity index (χ1) is 11.3. The lowest BCUT2D eigenvalue weighted by atomic mass is 10.2. The van der Waals surface area contributed by atoms with Gasteiger partial charge in [0, 0.05) is 18.8 Å². The third-order valence-electron chi connectivity index (χ3n) is 3.37. The van der Waals surface area contributed by atoms with Gasteiger partial charge in [0.2, 0.25) is 5.91 Å². The van der Waals surface area contributed by atoms with Crippen LogP contribution in [0.3, 0.4) is 0 Å². The molecule has 2 N–H and O–H groups in total. The minimum Gasteiger partial charge on any atom is -0.365 e. The third kappa shape index (κ3) is 3.46. The quantitative estimate of drug-likeness (QED) is 0.631. The van der Waals surface area contributed by atoms with Crippen LogP contribution in [0.4, 0.5) is 11.4 Å². The van der Waals surface area contributed by atoms with Crippen molar-refractivity contribution in [2.45, 2.75) is 6.54 Å². The van der Waals surface area contributed by atoms with Crippen LogP contribution in [0.25, 0.3) is 0 Å². The molecular weight excluding hydrogens is 316 g/mol. The summed E-state index contributed by atoms with van der Waals surface area (Å²) >= 11 is 0. The molecule has 0 aliphatic carbocycles. The van der Waals surface area contributed by atoms with E-state index in [1.54, 1.807) is 30.3 Å². The highest BCUT2D eigenvalue weighted by atomic mass is 16.6. The van der Waals surface area contributed by atoms with Crippen molar-refractivity contribution >= 4 is 23.2 Å². The van der Waals surface area contributed by atoms with E-state index in [9.17, 15) is 24.5 Å². The molecule has 0 atom stereocenters. The maximum absolute atomic E-state index is 12.3. The van der Waals surface area contributed by atoms with Gasteiger partial charge in [-0.25, -0.2) is 0 Å². The first-order valence-electron chi connectivity index (χ1n) is 6.81. The number of rotatable bonds is 5. The van der Waals surface area contributed by atoms with Crippen molar-refractivity contribution in [3.63, 3.8) is 0 Å². The number of likely N-dealkylation sites (N-methyl/N-ethyl adjacent to an activating group) is 1. The van der Waals surface area contributed by atoms with Crippen molar-refractivity contribution in [3.05, 3.63) is 68.6 Å². The summed E-state index contributed by atoms with van der Waals surface area (Å²) < 4.78 is 0.806. The Bertz CT molecular complexity index is 860. The van der Waals surface area contributed by atoms with Crippen LogP contribution in [0.5, 0.6) is 0 Å². The number of hydrogen-bond donors (Lipinski definition) is 1. The number of carbonyl (C=O) groups excluding carboxylic acids is 2. The topological polar surface area (TPSA) is 129 Å². The van der Waals surface area contributed by atoms with Gasteiger partial charge in [0.1, 0.15) is 12.1 Å². The summed E-state index contributed by atoms with van der Waals surface area (Å²) in [5.74, 6) is -1.58. The standard InChI is InChI=1S/C15H14N4O5/c1-17(10-5-3-2-4-6-10)13(20)9-18-8-11(19(23)24)7-12(14(16)21)15(18)22/h2-8H,9H2,1H3,(H2,16,21). The van der Waals surface area contributed by atoms with E-state index in [0.717, 1.165) is 16.8 Å². The number of aromatic nitrogens is 1. The normalized spacial score (nSPS) is 10.2. The number of amides is 2. The SMILES string of the molecule is CN(C(=O)Cn1cc([N+](=O)[O-])cc(C(N)=O)c1=O)c1ccccc1. The first-order valence-corrected chi connectivity index (χ1v) is 6.81. The molecule has 0 unspecified atom stereocenters. The molecule has 0 fully saturated rings. The monoisotopic (exact) mass is 330 g/mol. The molecule has 2 aromatic rings. The summed E-state index contributed by atoms with van der Waals surface area (Å²) in [6.07, 6.45) is 0.908. The van der Waals surface area contributed by atoms with E-state index < -0.39 is 40.1 Å². The summed E-state index contributed by atoms with van der Waals surface area (Å²) in [4.78, 5) is 47.2. The summed E-state index contributed by atoms with van der Waals surface area (Å²) in [7, 11) is 1.51. The van der Waals surface area contributed by atoms with Crippen LogP contribution in [0.2, 0.25) is 0 Å². The van der Waals surface area contributed by atoms with Crippen molar-refractivity contribution in [1.82, 2.24) is 4.57 Å². The van der Waals surface area contributed by atoms with Crippen molar-refractivity contribution < 1.29 is 14.5 Å². The molecule has 2 amide bonds. The number of para-hydroxylation sites is 1. The number of nitrogens with two attached hydrogens (primary N) is 1. The largest absolute Gasteiger partial charge is 0.365 e. The Balaban J connectivity index is 2.38. The van der Waals surface area contributed by atoms with Crippen LogP contribution in [-0.2, 0) is 11.3 Å². The Morgan fingerprint density at radius 1 is 1.29 bits per heavy atom. The van der Waals surface area contributed by atoms with Gasteiger partial charge in [-0.2, -0.15) is 0 Å². The zero-order chi connectivity index (χ0) is 17.9. The summed E-state index contributed by atoms with van der Waals surface area (Å²) in [6, 6.07) is 9.46. The lowest BCUT2D eigenvalue weighted by Crippen LogP contribution is -2.36. The first kappa shape index (κ1) is 16.9. The minimum absolute atomic E-state index is 0.466. The minimum atomic E-state index is -1.10. The van der Waals surface area contributed by atoms with E-state index in [0.29, 0.717) is 5.69 Å². The molecule has 24 heavy (non-hydrogen) atoms. The van der Waals surface area contributed by atoms with Crippen molar-refractivity contribution in [1.29, 1.82) is 0 Å². The lowest BCUT2D eigenvalue weighted by molar-refractivity contribution is -0.385. The van der Waals surface area contributed by atoms with Gasteiger partial charge in [0.15, 0.2) is 0 Å². The Morgan fingerprint density at radius 3 is 2.46 bits per heavy atom. The smallest absolute Gasteiger partial charge is 0.286 e. The highest BCUT2D eigenvalue weighted by Gasteiger charge is 2.20. The summed E-state index contributed by atoms with van der Waals surface area (Å²) in [5, 5.41) is 10.9. The number of hydrogen-bond acceptors (Lipinski definition) is 5. The Kier molecular flexibility index (Phi) is 4.73. The van der Waals surface area contributed by atoms with Crippen molar-refractivity contribution in [2.24, 2.45) is 5.73 Å². The van der Waals surface area contributed by atoms with E-state index in [1.165, 1.54) is 11.9 Å². The number of pyridine rings is 1. The van der Waals surface area contributed by atoms with E-state index in [-0.39, 0.29) is 0 Å². The van der Waals surface area contributed by atoms with Crippen LogP contribution in [-0.4, -0.2) is 28.4 Å². The maximum atomic E-state index is 12.3. The second-order valence-electron chi connectivity index (χ2n) is 4.95. The predicted molar refractivity (Wildman–Crippen MR) is 85.7 cm³/mol. The van der Waals surface area contributed by atoms with Gasteiger partial charge in [0.05, 0.1) is 11.1 Å². The van der Waals surface area contributed by atoms with E-state index in [4.69, 9.17) is 5.73 Å². The molecule has 0 bridgehead atoms. The molecule has 0 aliphatic heterocycles. The molecule has 1 heterocycles. The molecule has 0 spiro atoms. The van der Waals surface area contributed by atoms with Gasteiger partial charge in [-0.15, -0.1) is 0 Å². The van der Waals surface area contributed by atoms with Crippen molar-refractivity contribution in [2.75, 3.05) is 11.9 Å². The molecule has 0 saturated heterocycles. The molecule has 0 saturated carbocycles. The maximum Gasteiger partial charge on any atom is 0.286 e. The molecule has 0 aliphatic rings. The zero-order valence-corrected chi connectivity index (χ0v) is 12.7. The van der Waals surface area contributed by atoms with Gasteiger partial charge in [-0.3, -0.25) is 29.1 Å². The van der Waals surface area contributed by atoms with Crippen LogP contribution in [0, 0.1) is 10.1 Å². The molecule has 1 aromatic heterocycles. The van der Waals surface area contributed by atoms with Crippen LogP contribution in [0.1, 0.15) is 10.4 Å². The van der Waals surface area contributed by atoms with Gasteiger partial charge < -0.3 is 10.6 Å². The van der Waals surface area contributed by atoms with Crippen LogP contribution >= 0.6 is 0 Å². The number of anilines is 1. The highest BCUT2D eigenvalue weighted by Crippen LogP contribution is 2.13. The Morgan fingerprint density at radius 2 is 1.92 bits per heavy atom. The lowest BCUT2D eigenvalue weighted by Gasteiger charge is -2.18. The number of benzene rings is 1. The van der Waals surface area contributed by atoms with E-state index in [1.807, 2.05) is 0 Å². The average Bonchev–Trinajstić information content (AvgIpc) is 2.56. The highest BCUT2D eigenvalue weighted by molar-refractivity contribution is 5.94. The fourth-order valence-electron chi connectivity index (χ4n) is 2.06. The molecule has 2 rings (SSSR count). The number of primary amides is 1. The second kappa shape index (κ2) is 6.73. The zero-order valence-electron chi connectivity index (χ0n) is 12.7. The van der Waals surface area contributed by atoms with Gasteiger partial charge in [-0.05, 0) is 12.1 Å². The second-order valence-corrected chi connectivity index (χ2v) is 4.95. The molecule has 9 heteroatoms. The number of carbonyl (C=O) groups is 2. The molecule has 9 nitrogen and oxygen atoms in total. The third-order valence-corrected chi connectivity index (χ3v) is 3.37. The Hall–Kier alpha value is -3.49. The molecule has 0 radical (unpaired) electrons. The van der Waals surface area contributed by atoms with Gasteiger partial charge in [-0.1, -0.05) is 18.2 Å². The molecule has 1 aromatic carbocycles. The van der Waals surface area contributed by atoms with Crippen LogP contribution < -0.4 is 16.2 Å². The number of nitro groups is 1. The van der Waals surface area contributed by atoms with Gasteiger partial charge >= 0.3 is 0 Å². The van der Waals surface area contributed by atoms with Gasteiger partial charge in [0.25, 0.3) is 17.2 Å².